The molecule has 18 heavy (non-hydrogen) atoms. The van der Waals surface area contributed by atoms with Gasteiger partial charge < -0.3 is 15.8 Å². The fraction of sp³-hybridized carbons (Fsp3) is 0.571. The lowest BCUT2D eigenvalue weighted by Gasteiger charge is -2.29. The van der Waals surface area contributed by atoms with E-state index in [4.69, 9.17) is 22.1 Å². The number of ether oxygens (including phenoxy) is 1. The van der Waals surface area contributed by atoms with Crippen LogP contribution in [0, 0.1) is 12.8 Å². The van der Waals surface area contributed by atoms with Gasteiger partial charge >= 0.3 is 0 Å². The number of nitrogens with one attached hydrogen (secondary N) is 1. The molecule has 2 unspecified atom stereocenters. The number of nitrogens with two attached hydrogens (primary N) is 1. The SMILES string of the molecule is COc1cc(C)c(C(N)C2CCCNC2)cc1Cl. The van der Waals surface area contributed by atoms with E-state index >= 15 is 0 Å². The van der Waals surface area contributed by atoms with Crippen LogP contribution in [0.5, 0.6) is 5.75 Å². The standard InChI is InChI=1S/C14H21ClN2O/c1-9-6-13(18-2)12(15)7-11(9)14(16)10-4-3-5-17-8-10/h6-7,10,14,17H,3-5,8,16H2,1-2H3. The summed E-state index contributed by atoms with van der Waals surface area (Å²) in [6, 6.07) is 3.96. The van der Waals surface area contributed by atoms with Gasteiger partial charge in [-0.05, 0) is 62.0 Å². The summed E-state index contributed by atoms with van der Waals surface area (Å²) in [5.41, 5.74) is 8.67. The molecule has 0 aromatic heterocycles. The van der Waals surface area contributed by atoms with Crippen LogP contribution in [0.15, 0.2) is 12.1 Å². The van der Waals surface area contributed by atoms with E-state index in [-0.39, 0.29) is 6.04 Å². The zero-order chi connectivity index (χ0) is 13.1. The Labute approximate surface area is 114 Å². The molecule has 0 saturated carbocycles. The summed E-state index contributed by atoms with van der Waals surface area (Å²) in [7, 11) is 1.63. The van der Waals surface area contributed by atoms with Crippen LogP contribution >= 0.6 is 11.6 Å². The normalized spacial score (nSPS) is 21.7. The lowest BCUT2D eigenvalue weighted by molar-refractivity contribution is 0.325. The maximum absolute atomic E-state index is 6.39. The Kier molecular flexibility index (Phi) is 4.49. The molecule has 0 bridgehead atoms. The minimum atomic E-state index is 0.0428. The highest BCUT2D eigenvalue weighted by Gasteiger charge is 2.23. The van der Waals surface area contributed by atoms with Crippen LogP contribution in [0.4, 0.5) is 0 Å². The minimum absolute atomic E-state index is 0.0428. The van der Waals surface area contributed by atoms with Crippen LogP contribution in [0.1, 0.15) is 30.0 Å². The van der Waals surface area contributed by atoms with E-state index in [2.05, 4.69) is 12.2 Å². The fourth-order valence-electron chi connectivity index (χ4n) is 2.63. The number of piperidine rings is 1. The summed E-state index contributed by atoms with van der Waals surface area (Å²) in [5, 5.41) is 4.04. The average molecular weight is 269 g/mol. The highest BCUT2D eigenvalue weighted by Crippen LogP contribution is 2.33. The number of hydrogen-bond acceptors (Lipinski definition) is 3. The molecule has 1 aromatic rings. The van der Waals surface area contributed by atoms with E-state index < -0.39 is 0 Å². The molecular formula is C14H21ClN2O. The van der Waals surface area contributed by atoms with E-state index in [9.17, 15) is 0 Å². The number of aryl methyl sites for hydroxylation is 1. The number of methoxy groups -OCH3 is 1. The highest BCUT2D eigenvalue weighted by molar-refractivity contribution is 6.32. The molecule has 1 heterocycles. The van der Waals surface area contributed by atoms with Gasteiger partial charge in [-0.15, -0.1) is 0 Å². The maximum atomic E-state index is 6.39. The predicted molar refractivity (Wildman–Crippen MR) is 75.3 cm³/mol. The second-order valence-electron chi connectivity index (χ2n) is 4.98. The smallest absolute Gasteiger partial charge is 0.137 e. The first-order valence-electron chi connectivity index (χ1n) is 6.44. The van der Waals surface area contributed by atoms with Crippen molar-refractivity contribution in [3.63, 3.8) is 0 Å². The van der Waals surface area contributed by atoms with Gasteiger partial charge in [-0.2, -0.15) is 0 Å². The number of hydrogen-bond donors (Lipinski definition) is 2. The van der Waals surface area contributed by atoms with Crippen molar-refractivity contribution in [1.82, 2.24) is 5.32 Å². The first kappa shape index (κ1) is 13.7. The van der Waals surface area contributed by atoms with Crippen LogP contribution < -0.4 is 15.8 Å². The Balaban J connectivity index is 2.23. The Bertz CT molecular complexity index is 417. The maximum Gasteiger partial charge on any atom is 0.137 e. The van der Waals surface area contributed by atoms with Gasteiger partial charge in [-0.3, -0.25) is 0 Å². The molecule has 4 heteroatoms. The van der Waals surface area contributed by atoms with Gasteiger partial charge in [0.1, 0.15) is 5.75 Å². The molecule has 1 aliphatic rings. The van der Waals surface area contributed by atoms with Crippen molar-refractivity contribution in [2.45, 2.75) is 25.8 Å². The molecular weight excluding hydrogens is 248 g/mol. The van der Waals surface area contributed by atoms with Gasteiger partial charge in [0, 0.05) is 6.04 Å². The van der Waals surface area contributed by atoms with Crippen molar-refractivity contribution in [1.29, 1.82) is 0 Å². The molecule has 2 rings (SSSR count). The minimum Gasteiger partial charge on any atom is -0.495 e. The third kappa shape index (κ3) is 2.79. The summed E-state index contributed by atoms with van der Waals surface area (Å²) in [5.74, 6) is 1.20. The van der Waals surface area contributed by atoms with Gasteiger partial charge in [0.05, 0.1) is 12.1 Å². The van der Waals surface area contributed by atoms with Crippen LogP contribution in [-0.2, 0) is 0 Å². The average Bonchev–Trinajstić information content (AvgIpc) is 2.41. The summed E-state index contributed by atoms with van der Waals surface area (Å²) in [6.45, 7) is 4.15. The van der Waals surface area contributed by atoms with E-state index in [1.807, 2.05) is 12.1 Å². The summed E-state index contributed by atoms with van der Waals surface area (Å²) in [6.07, 6.45) is 2.37. The molecule has 0 spiro atoms. The van der Waals surface area contributed by atoms with Crippen LogP contribution in [0.2, 0.25) is 5.02 Å². The van der Waals surface area contributed by atoms with E-state index in [0.717, 1.165) is 24.2 Å². The lowest BCUT2D eigenvalue weighted by Crippen LogP contribution is -2.36. The van der Waals surface area contributed by atoms with Gasteiger partial charge in [0.2, 0.25) is 0 Å². The van der Waals surface area contributed by atoms with Gasteiger partial charge in [-0.1, -0.05) is 11.6 Å². The summed E-state index contributed by atoms with van der Waals surface area (Å²) < 4.78 is 5.22. The van der Waals surface area contributed by atoms with Gasteiger partial charge in [-0.25, -0.2) is 0 Å². The van der Waals surface area contributed by atoms with Crippen LogP contribution in [0.25, 0.3) is 0 Å². The Morgan fingerprint density at radius 2 is 2.28 bits per heavy atom. The molecule has 3 nitrogen and oxygen atoms in total. The van der Waals surface area contributed by atoms with E-state index in [0.29, 0.717) is 16.7 Å². The Morgan fingerprint density at radius 1 is 1.50 bits per heavy atom. The molecule has 100 valence electrons. The topological polar surface area (TPSA) is 47.3 Å². The number of benzene rings is 1. The lowest BCUT2D eigenvalue weighted by atomic mass is 9.86. The second-order valence-corrected chi connectivity index (χ2v) is 5.38. The Hall–Kier alpha value is -0.770. The second kappa shape index (κ2) is 5.91. The third-order valence-corrected chi connectivity index (χ3v) is 4.04. The molecule has 0 aliphatic carbocycles. The number of rotatable bonds is 3. The van der Waals surface area contributed by atoms with Crippen LogP contribution in [-0.4, -0.2) is 20.2 Å². The fourth-order valence-corrected chi connectivity index (χ4v) is 2.87. The Morgan fingerprint density at radius 3 is 2.89 bits per heavy atom. The largest absolute Gasteiger partial charge is 0.495 e. The predicted octanol–water partition coefficient (Wildman–Crippen LogP) is 2.66. The van der Waals surface area contributed by atoms with Crippen molar-refractivity contribution in [3.8, 4) is 5.75 Å². The van der Waals surface area contributed by atoms with Crippen molar-refractivity contribution in [2.24, 2.45) is 11.7 Å². The third-order valence-electron chi connectivity index (χ3n) is 3.74. The summed E-state index contributed by atoms with van der Waals surface area (Å²) >= 11 is 6.19. The first-order valence-corrected chi connectivity index (χ1v) is 6.81. The quantitative estimate of drug-likeness (QED) is 0.886. The van der Waals surface area contributed by atoms with Gasteiger partial charge in [0.25, 0.3) is 0 Å². The molecule has 1 saturated heterocycles. The highest BCUT2D eigenvalue weighted by atomic mass is 35.5. The van der Waals surface area contributed by atoms with E-state index in [1.165, 1.54) is 12.8 Å². The van der Waals surface area contributed by atoms with Crippen LogP contribution in [0.3, 0.4) is 0 Å². The molecule has 0 amide bonds. The molecule has 1 aliphatic heterocycles. The summed E-state index contributed by atoms with van der Waals surface area (Å²) in [4.78, 5) is 0. The van der Waals surface area contributed by atoms with Crippen molar-refractivity contribution in [3.05, 3.63) is 28.3 Å². The monoisotopic (exact) mass is 268 g/mol. The van der Waals surface area contributed by atoms with Gasteiger partial charge in [0.15, 0.2) is 0 Å². The molecule has 1 aromatic carbocycles. The zero-order valence-corrected chi connectivity index (χ0v) is 11.8. The molecule has 2 atom stereocenters. The van der Waals surface area contributed by atoms with Crippen molar-refractivity contribution in [2.75, 3.05) is 20.2 Å². The first-order chi connectivity index (χ1) is 8.63. The zero-order valence-electron chi connectivity index (χ0n) is 11.0. The number of halogens is 1. The van der Waals surface area contributed by atoms with Crippen molar-refractivity contribution >= 4 is 11.6 Å². The molecule has 1 fully saturated rings. The van der Waals surface area contributed by atoms with E-state index in [1.54, 1.807) is 7.11 Å². The molecule has 3 N–H and O–H groups in total. The molecule has 0 radical (unpaired) electrons. The van der Waals surface area contributed by atoms with Crippen molar-refractivity contribution < 1.29 is 4.74 Å².